The van der Waals surface area contributed by atoms with E-state index in [4.69, 9.17) is 11.6 Å². The van der Waals surface area contributed by atoms with Crippen molar-refractivity contribution in [3.8, 4) is 0 Å². The summed E-state index contributed by atoms with van der Waals surface area (Å²) >= 11 is 9.58. The van der Waals surface area contributed by atoms with Gasteiger partial charge in [-0.15, -0.1) is 0 Å². The van der Waals surface area contributed by atoms with Crippen molar-refractivity contribution in [3.63, 3.8) is 0 Å². The molecule has 1 N–H and O–H groups in total. The largest absolute Gasteiger partial charge is 0.354 e. The number of carbonyl (C=O) groups excluding carboxylic acids is 2. The van der Waals surface area contributed by atoms with Crippen LogP contribution in [0, 0.1) is 0 Å². The first-order valence-electron chi connectivity index (χ1n) is 12.2. The summed E-state index contributed by atoms with van der Waals surface area (Å²) in [6.45, 7) is 2.01. The lowest BCUT2D eigenvalue weighted by Gasteiger charge is -2.33. The predicted octanol–water partition coefficient (Wildman–Crippen LogP) is 5.03. The minimum Gasteiger partial charge on any atom is -0.354 e. The molecule has 3 aromatic carbocycles. The SMILES string of the molecule is CCCNC(=O)[C@H](Cc1ccccc1)N(Cc1cccc(Cl)c1)C(=O)CN(c1cccc(Br)c1)S(C)(=O)=O. The lowest BCUT2D eigenvalue weighted by molar-refractivity contribution is -0.140. The summed E-state index contributed by atoms with van der Waals surface area (Å²) in [6.07, 6.45) is 2.05. The highest BCUT2D eigenvalue weighted by molar-refractivity contribution is 9.10. The Morgan fingerprint density at radius 1 is 0.974 bits per heavy atom. The molecule has 3 aromatic rings. The maximum atomic E-state index is 14.0. The number of sulfonamides is 1. The quantitative estimate of drug-likeness (QED) is 0.308. The van der Waals surface area contributed by atoms with Gasteiger partial charge in [0.2, 0.25) is 21.8 Å². The van der Waals surface area contributed by atoms with E-state index in [1.54, 1.807) is 42.5 Å². The Hall–Kier alpha value is -2.88. The molecule has 0 aromatic heterocycles. The smallest absolute Gasteiger partial charge is 0.244 e. The zero-order valence-electron chi connectivity index (χ0n) is 21.3. The van der Waals surface area contributed by atoms with Crippen molar-refractivity contribution in [1.29, 1.82) is 0 Å². The standard InChI is InChI=1S/C28H31BrClN3O4S/c1-3-15-31-28(35)26(17-21-9-5-4-6-10-21)32(19-22-11-7-13-24(30)16-22)27(34)20-33(38(2,36)37)25-14-8-12-23(29)18-25/h4-14,16,18,26H,3,15,17,19-20H2,1-2H3,(H,31,35)/t26-/m0/s1. The normalized spacial score (nSPS) is 12.0. The Morgan fingerprint density at radius 2 is 1.66 bits per heavy atom. The molecule has 0 spiro atoms. The van der Waals surface area contributed by atoms with Crippen LogP contribution in [-0.2, 0) is 32.6 Å². The summed E-state index contributed by atoms with van der Waals surface area (Å²) in [4.78, 5) is 28.8. The van der Waals surface area contributed by atoms with Crippen molar-refractivity contribution in [1.82, 2.24) is 10.2 Å². The van der Waals surface area contributed by atoms with E-state index in [0.29, 0.717) is 21.7 Å². The molecule has 0 fully saturated rings. The number of anilines is 1. The Morgan fingerprint density at radius 3 is 2.29 bits per heavy atom. The molecule has 0 saturated carbocycles. The van der Waals surface area contributed by atoms with Gasteiger partial charge in [-0.3, -0.25) is 13.9 Å². The number of amides is 2. The fourth-order valence-corrected chi connectivity index (χ4v) is 5.44. The summed E-state index contributed by atoms with van der Waals surface area (Å²) < 4.78 is 27.3. The maximum absolute atomic E-state index is 14.0. The first-order valence-corrected chi connectivity index (χ1v) is 15.2. The van der Waals surface area contributed by atoms with E-state index < -0.39 is 28.5 Å². The monoisotopic (exact) mass is 619 g/mol. The van der Waals surface area contributed by atoms with Crippen LogP contribution in [0.15, 0.2) is 83.3 Å². The summed E-state index contributed by atoms with van der Waals surface area (Å²) in [7, 11) is -3.82. The van der Waals surface area contributed by atoms with Crippen molar-refractivity contribution in [2.24, 2.45) is 0 Å². The highest BCUT2D eigenvalue weighted by Gasteiger charge is 2.33. The van der Waals surface area contributed by atoms with E-state index in [0.717, 1.165) is 28.1 Å². The Balaban J connectivity index is 2.04. The van der Waals surface area contributed by atoms with E-state index in [1.165, 1.54) is 4.90 Å². The van der Waals surface area contributed by atoms with E-state index in [-0.39, 0.29) is 18.9 Å². The molecule has 0 radical (unpaired) electrons. The average molecular weight is 621 g/mol. The van der Waals surface area contributed by atoms with Gasteiger partial charge in [-0.1, -0.05) is 83.0 Å². The van der Waals surface area contributed by atoms with Crippen molar-refractivity contribution in [2.45, 2.75) is 32.4 Å². The zero-order valence-corrected chi connectivity index (χ0v) is 24.5. The van der Waals surface area contributed by atoms with E-state index in [9.17, 15) is 18.0 Å². The molecule has 0 aliphatic carbocycles. The van der Waals surface area contributed by atoms with Crippen LogP contribution in [0.4, 0.5) is 5.69 Å². The lowest BCUT2D eigenvalue weighted by Crippen LogP contribution is -2.53. The van der Waals surface area contributed by atoms with Crippen LogP contribution in [0.2, 0.25) is 5.02 Å². The number of halogens is 2. The van der Waals surface area contributed by atoms with Gasteiger partial charge in [0.1, 0.15) is 12.6 Å². The Labute approximate surface area is 238 Å². The number of carbonyl (C=O) groups is 2. The van der Waals surface area contributed by atoms with Crippen molar-refractivity contribution in [3.05, 3.63) is 99.5 Å². The summed E-state index contributed by atoms with van der Waals surface area (Å²) in [5, 5.41) is 3.41. The number of hydrogen-bond donors (Lipinski definition) is 1. The second-order valence-corrected chi connectivity index (χ2v) is 12.2. The van der Waals surface area contributed by atoms with Gasteiger partial charge in [0.25, 0.3) is 0 Å². The van der Waals surface area contributed by atoms with Crippen molar-refractivity contribution >= 4 is 55.1 Å². The number of rotatable bonds is 12. The minimum atomic E-state index is -3.82. The number of nitrogens with zero attached hydrogens (tertiary/aromatic N) is 2. The third kappa shape index (κ3) is 8.58. The van der Waals surface area contributed by atoms with E-state index >= 15 is 0 Å². The molecule has 38 heavy (non-hydrogen) atoms. The third-order valence-corrected chi connectivity index (χ3v) is 7.71. The second-order valence-electron chi connectivity index (χ2n) is 8.90. The number of nitrogens with one attached hydrogen (secondary N) is 1. The molecule has 7 nitrogen and oxygen atoms in total. The first-order chi connectivity index (χ1) is 18.1. The molecule has 3 rings (SSSR count). The molecular weight excluding hydrogens is 590 g/mol. The van der Waals surface area contributed by atoms with Gasteiger partial charge < -0.3 is 10.2 Å². The molecule has 202 valence electrons. The molecule has 10 heteroatoms. The first kappa shape index (κ1) is 29.7. The topological polar surface area (TPSA) is 86.8 Å². The van der Waals surface area contributed by atoms with Crippen LogP contribution in [-0.4, -0.2) is 50.5 Å². The predicted molar refractivity (Wildman–Crippen MR) is 156 cm³/mol. The van der Waals surface area contributed by atoms with Crippen LogP contribution in [0.3, 0.4) is 0 Å². The van der Waals surface area contributed by atoms with Crippen LogP contribution in [0.5, 0.6) is 0 Å². The summed E-state index contributed by atoms with van der Waals surface area (Å²) in [6, 6.07) is 22.3. The summed E-state index contributed by atoms with van der Waals surface area (Å²) in [5.74, 6) is -0.817. The fraction of sp³-hybridized carbons (Fsp3) is 0.286. The van der Waals surface area contributed by atoms with Gasteiger partial charge in [0.05, 0.1) is 11.9 Å². The minimum absolute atomic E-state index is 0.0759. The molecule has 2 amide bonds. The van der Waals surface area contributed by atoms with Crippen LogP contribution in [0.1, 0.15) is 24.5 Å². The lowest BCUT2D eigenvalue weighted by atomic mass is 10.0. The molecule has 0 aliphatic heterocycles. The van der Waals surface area contributed by atoms with Crippen LogP contribution >= 0.6 is 27.5 Å². The Kier molecular flexibility index (Phi) is 10.8. The molecule has 0 unspecified atom stereocenters. The molecule has 0 saturated heterocycles. The van der Waals surface area contributed by atoms with Gasteiger partial charge in [-0.25, -0.2) is 8.42 Å². The van der Waals surface area contributed by atoms with Crippen molar-refractivity contribution in [2.75, 3.05) is 23.7 Å². The van der Waals surface area contributed by atoms with E-state index in [2.05, 4.69) is 21.2 Å². The number of hydrogen-bond acceptors (Lipinski definition) is 4. The van der Waals surface area contributed by atoms with Gasteiger partial charge in [-0.05, 0) is 47.9 Å². The fourth-order valence-electron chi connectivity index (χ4n) is 4.00. The van der Waals surface area contributed by atoms with Crippen molar-refractivity contribution < 1.29 is 18.0 Å². The highest BCUT2D eigenvalue weighted by atomic mass is 79.9. The van der Waals surface area contributed by atoms with Crippen LogP contribution in [0.25, 0.3) is 0 Å². The number of benzene rings is 3. The maximum Gasteiger partial charge on any atom is 0.244 e. The molecular formula is C28H31BrClN3O4S. The van der Waals surface area contributed by atoms with E-state index in [1.807, 2.05) is 43.3 Å². The van der Waals surface area contributed by atoms with Gasteiger partial charge in [0, 0.05) is 29.0 Å². The molecule has 1 atom stereocenters. The molecule has 0 heterocycles. The molecule has 0 aliphatic rings. The third-order valence-electron chi connectivity index (χ3n) is 5.84. The van der Waals surface area contributed by atoms with Crippen LogP contribution < -0.4 is 9.62 Å². The second kappa shape index (κ2) is 13.8. The molecule has 0 bridgehead atoms. The average Bonchev–Trinajstić information content (AvgIpc) is 2.87. The highest BCUT2D eigenvalue weighted by Crippen LogP contribution is 2.24. The van der Waals surface area contributed by atoms with Gasteiger partial charge in [-0.2, -0.15) is 0 Å². The summed E-state index contributed by atoms with van der Waals surface area (Å²) in [5.41, 5.74) is 1.94. The zero-order chi connectivity index (χ0) is 27.7. The van der Waals surface area contributed by atoms with Gasteiger partial charge in [0.15, 0.2) is 0 Å². The Bertz CT molecular complexity index is 1350. The van der Waals surface area contributed by atoms with Gasteiger partial charge >= 0.3 is 0 Å².